The standard InChI is InChI=1S/C23H18BrNO2/c1-16-6-8-17(9-7-16)21(26)14-23(18-10-12-20(24)13-11-18)27-22-5-3-2-4-19(22)15-25/h2-14,21,26H,1H3/b23-14-. The van der Waals surface area contributed by atoms with Crippen molar-refractivity contribution < 1.29 is 9.84 Å². The zero-order chi connectivity index (χ0) is 19.2. The third-order valence-corrected chi connectivity index (χ3v) is 4.61. The number of aliphatic hydroxyl groups is 1. The molecule has 0 fully saturated rings. The van der Waals surface area contributed by atoms with E-state index in [2.05, 4.69) is 22.0 Å². The Kier molecular flexibility index (Phi) is 6.08. The van der Waals surface area contributed by atoms with Gasteiger partial charge in [0.05, 0.1) is 5.56 Å². The van der Waals surface area contributed by atoms with Gasteiger partial charge in [0.2, 0.25) is 0 Å². The van der Waals surface area contributed by atoms with Crippen molar-refractivity contribution >= 4 is 21.7 Å². The average Bonchev–Trinajstić information content (AvgIpc) is 2.69. The Morgan fingerprint density at radius 1 is 1.04 bits per heavy atom. The summed E-state index contributed by atoms with van der Waals surface area (Å²) in [7, 11) is 0. The fourth-order valence-electron chi connectivity index (χ4n) is 2.57. The first-order valence-corrected chi connectivity index (χ1v) is 9.25. The van der Waals surface area contributed by atoms with Crippen LogP contribution < -0.4 is 4.74 Å². The third-order valence-electron chi connectivity index (χ3n) is 4.08. The van der Waals surface area contributed by atoms with Gasteiger partial charge in [-0.2, -0.15) is 5.26 Å². The van der Waals surface area contributed by atoms with Crippen LogP contribution in [0.1, 0.15) is 28.4 Å². The molecule has 3 aromatic carbocycles. The summed E-state index contributed by atoms with van der Waals surface area (Å²) in [6.45, 7) is 2.00. The third kappa shape index (κ3) is 4.85. The van der Waals surface area contributed by atoms with Crippen molar-refractivity contribution in [1.82, 2.24) is 0 Å². The molecule has 3 rings (SSSR count). The molecule has 0 saturated heterocycles. The van der Waals surface area contributed by atoms with Crippen LogP contribution in [0.2, 0.25) is 0 Å². The summed E-state index contributed by atoms with van der Waals surface area (Å²) in [4.78, 5) is 0. The molecule has 0 heterocycles. The van der Waals surface area contributed by atoms with Gasteiger partial charge in [-0.1, -0.05) is 70.0 Å². The molecule has 0 saturated carbocycles. The Labute approximate surface area is 167 Å². The van der Waals surface area contributed by atoms with Crippen LogP contribution in [0, 0.1) is 18.3 Å². The summed E-state index contributed by atoms with van der Waals surface area (Å²) in [6, 6.07) is 24.5. The van der Waals surface area contributed by atoms with E-state index in [9.17, 15) is 10.4 Å². The lowest BCUT2D eigenvalue weighted by Crippen LogP contribution is -2.01. The maximum absolute atomic E-state index is 10.7. The summed E-state index contributed by atoms with van der Waals surface area (Å²) in [5.74, 6) is 0.934. The highest BCUT2D eigenvalue weighted by atomic mass is 79.9. The summed E-state index contributed by atoms with van der Waals surface area (Å²) in [6.07, 6.45) is 0.820. The highest BCUT2D eigenvalue weighted by Gasteiger charge is 2.12. The molecule has 4 heteroatoms. The number of rotatable bonds is 5. The van der Waals surface area contributed by atoms with Crippen LogP contribution >= 0.6 is 15.9 Å². The Morgan fingerprint density at radius 3 is 2.37 bits per heavy atom. The van der Waals surface area contributed by atoms with Crippen molar-refractivity contribution in [2.75, 3.05) is 0 Å². The number of ether oxygens (including phenoxy) is 1. The smallest absolute Gasteiger partial charge is 0.145 e. The Hall–Kier alpha value is -2.87. The van der Waals surface area contributed by atoms with Gasteiger partial charge in [-0.05, 0) is 42.8 Å². The minimum Gasteiger partial charge on any atom is -0.456 e. The number of aliphatic hydroxyl groups excluding tert-OH is 1. The van der Waals surface area contributed by atoms with Gasteiger partial charge in [-0.15, -0.1) is 0 Å². The van der Waals surface area contributed by atoms with Crippen LogP contribution in [0.25, 0.3) is 5.76 Å². The van der Waals surface area contributed by atoms with Crippen molar-refractivity contribution in [2.24, 2.45) is 0 Å². The van der Waals surface area contributed by atoms with Crippen LogP contribution in [-0.2, 0) is 0 Å². The van der Waals surface area contributed by atoms with E-state index in [-0.39, 0.29) is 0 Å². The van der Waals surface area contributed by atoms with Crippen molar-refractivity contribution in [2.45, 2.75) is 13.0 Å². The van der Waals surface area contributed by atoms with Crippen molar-refractivity contribution in [3.05, 3.63) is 106 Å². The van der Waals surface area contributed by atoms with E-state index in [0.717, 1.165) is 21.2 Å². The zero-order valence-corrected chi connectivity index (χ0v) is 16.3. The van der Waals surface area contributed by atoms with Crippen molar-refractivity contribution in [3.63, 3.8) is 0 Å². The maximum atomic E-state index is 10.7. The van der Waals surface area contributed by atoms with E-state index in [1.165, 1.54) is 0 Å². The van der Waals surface area contributed by atoms with Gasteiger partial charge in [0.1, 0.15) is 23.7 Å². The Morgan fingerprint density at radius 2 is 1.70 bits per heavy atom. The molecule has 0 aliphatic carbocycles. The highest BCUT2D eigenvalue weighted by molar-refractivity contribution is 9.10. The first-order valence-electron chi connectivity index (χ1n) is 8.46. The Bertz CT molecular complexity index is 986. The minimum absolute atomic E-state index is 0.435. The number of hydrogen-bond donors (Lipinski definition) is 1. The van der Waals surface area contributed by atoms with Gasteiger partial charge in [-0.3, -0.25) is 0 Å². The maximum Gasteiger partial charge on any atom is 0.145 e. The molecule has 0 aliphatic heterocycles. The fraction of sp³-hybridized carbons (Fsp3) is 0.0870. The van der Waals surface area contributed by atoms with E-state index in [1.807, 2.05) is 61.5 Å². The average molecular weight is 420 g/mol. The molecule has 0 amide bonds. The predicted octanol–water partition coefficient (Wildman–Crippen LogP) is 5.78. The normalized spacial score (nSPS) is 12.3. The molecular formula is C23H18BrNO2. The van der Waals surface area contributed by atoms with E-state index >= 15 is 0 Å². The minimum atomic E-state index is -0.835. The number of halogens is 1. The van der Waals surface area contributed by atoms with Crippen molar-refractivity contribution in [1.29, 1.82) is 5.26 Å². The number of hydrogen-bond acceptors (Lipinski definition) is 3. The first-order chi connectivity index (χ1) is 13.1. The summed E-state index contributed by atoms with van der Waals surface area (Å²) >= 11 is 3.43. The summed E-state index contributed by atoms with van der Waals surface area (Å²) in [5, 5.41) is 20.0. The number of nitrogens with zero attached hydrogens (tertiary/aromatic N) is 1. The van der Waals surface area contributed by atoms with Gasteiger partial charge >= 0.3 is 0 Å². The van der Waals surface area contributed by atoms with Crippen LogP contribution in [0.15, 0.2) is 83.3 Å². The summed E-state index contributed by atoms with van der Waals surface area (Å²) in [5.41, 5.74) is 3.14. The van der Waals surface area contributed by atoms with E-state index in [1.54, 1.807) is 24.3 Å². The molecule has 1 atom stereocenters. The second-order valence-electron chi connectivity index (χ2n) is 6.10. The SMILES string of the molecule is Cc1ccc(C(O)/C=C(\Oc2ccccc2C#N)c2ccc(Br)cc2)cc1. The topological polar surface area (TPSA) is 53.2 Å². The van der Waals surface area contributed by atoms with Gasteiger partial charge < -0.3 is 9.84 Å². The predicted molar refractivity (Wildman–Crippen MR) is 110 cm³/mol. The van der Waals surface area contributed by atoms with E-state index < -0.39 is 6.10 Å². The lowest BCUT2D eigenvalue weighted by molar-refractivity contribution is 0.227. The van der Waals surface area contributed by atoms with Gasteiger partial charge in [0, 0.05) is 10.0 Å². The molecular weight excluding hydrogens is 402 g/mol. The fourth-order valence-corrected chi connectivity index (χ4v) is 2.84. The molecule has 3 nitrogen and oxygen atoms in total. The molecule has 27 heavy (non-hydrogen) atoms. The second-order valence-corrected chi connectivity index (χ2v) is 7.02. The molecule has 0 spiro atoms. The van der Waals surface area contributed by atoms with Crippen molar-refractivity contribution in [3.8, 4) is 11.8 Å². The number of para-hydroxylation sites is 1. The molecule has 0 bridgehead atoms. The number of aryl methyl sites for hydroxylation is 1. The number of benzene rings is 3. The zero-order valence-electron chi connectivity index (χ0n) is 14.8. The van der Waals surface area contributed by atoms with Gasteiger partial charge in [0.15, 0.2) is 0 Å². The molecule has 0 radical (unpaired) electrons. The van der Waals surface area contributed by atoms with Crippen LogP contribution in [0.5, 0.6) is 5.75 Å². The quantitative estimate of drug-likeness (QED) is 0.532. The van der Waals surface area contributed by atoms with E-state index in [0.29, 0.717) is 17.1 Å². The Balaban J connectivity index is 2.00. The first kappa shape index (κ1) is 18.9. The highest BCUT2D eigenvalue weighted by Crippen LogP contribution is 2.28. The van der Waals surface area contributed by atoms with Crippen LogP contribution in [-0.4, -0.2) is 5.11 Å². The lowest BCUT2D eigenvalue weighted by Gasteiger charge is -2.14. The monoisotopic (exact) mass is 419 g/mol. The number of nitriles is 1. The molecule has 1 N–H and O–H groups in total. The molecule has 3 aromatic rings. The second kappa shape index (κ2) is 8.68. The molecule has 0 aliphatic rings. The largest absolute Gasteiger partial charge is 0.456 e. The molecule has 1 unspecified atom stereocenters. The van der Waals surface area contributed by atoms with Crippen LogP contribution in [0.4, 0.5) is 0 Å². The van der Waals surface area contributed by atoms with Crippen LogP contribution in [0.3, 0.4) is 0 Å². The lowest BCUT2D eigenvalue weighted by atomic mass is 10.0. The van der Waals surface area contributed by atoms with Gasteiger partial charge in [0.25, 0.3) is 0 Å². The molecule has 134 valence electrons. The van der Waals surface area contributed by atoms with E-state index in [4.69, 9.17) is 4.74 Å². The molecule has 0 aromatic heterocycles. The van der Waals surface area contributed by atoms with Gasteiger partial charge in [-0.25, -0.2) is 0 Å². The summed E-state index contributed by atoms with van der Waals surface area (Å²) < 4.78 is 6.99.